The first-order valence-electron chi connectivity index (χ1n) is 11.9. The number of hydrogen-bond donors (Lipinski definition) is 2. The minimum atomic E-state index is -0.351. The number of rotatable bonds is 10. The maximum absolute atomic E-state index is 12.6. The van der Waals surface area contributed by atoms with Crippen molar-refractivity contribution in [1.29, 1.82) is 0 Å². The van der Waals surface area contributed by atoms with E-state index < -0.39 is 0 Å². The normalized spacial score (nSPS) is 10.6. The molecule has 0 unspecified atom stereocenters. The Labute approximate surface area is 221 Å². The van der Waals surface area contributed by atoms with Gasteiger partial charge < -0.3 is 24.8 Å². The average Bonchev–Trinajstić information content (AvgIpc) is 2.97. The van der Waals surface area contributed by atoms with Crippen LogP contribution in [0.5, 0.6) is 17.2 Å². The van der Waals surface area contributed by atoms with Crippen LogP contribution in [0.3, 0.4) is 0 Å². The predicted molar refractivity (Wildman–Crippen MR) is 149 cm³/mol. The molecule has 4 aromatic rings. The first kappa shape index (κ1) is 26.0. The Kier molecular flexibility index (Phi) is 8.76. The van der Waals surface area contributed by atoms with E-state index in [1.807, 2.05) is 60.7 Å². The fourth-order valence-electron chi connectivity index (χ4n) is 3.64. The molecule has 0 heterocycles. The molecule has 7 nitrogen and oxygen atoms in total. The minimum Gasteiger partial charge on any atom is -0.494 e. The summed E-state index contributed by atoms with van der Waals surface area (Å²) in [6.07, 6.45) is 3.13. The highest BCUT2D eigenvalue weighted by atomic mass is 16.5. The Morgan fingerprint density at radius 2 is 1.32 bits per heavy atom. The Morgan fingerprint density at radius 3 is 1.92 bits per heavy atom. The zero-order chi connectivity index (χ0) is 26.7. The van der Waals surface area contributed by atoms with E-state index in [1.54, 1.807) is 42.5 Å². The van der Waals surface area contributed by atoms with Crippen LogP contribution in [0.1, 0.15) is 21.5 Å². The Bertz CT molecular complexity index is 1400. The predicted octanol–water partition coefficient (Wildman–Crippen LogP) is 6.19. The molecule has 38 heavy (non-hydrogen) atoms. The lowest BCUT2D eigenvalue weighted by Crippen LogP contribution is -2.14. The summed E-state index contributed by atoms with van der Waals surface area (Å²) in [5, 5.41) is 5.62. The van der Waals surface area contributed by atoms with E-state index in [1.165, 1.54) is 20.3 Å². The van der Waals surface area contributed by atoms with Crippen LogP contribution in [-0.2, 0) is 11.4 Å². The van der Waals surface area contributed by atoms with Crippen LogP contribution in [-0.4, -0.2) is 26.0 Å². The molecule has 4 rings (SSSR count). The number of anilines is 2. The summed E-state index contributed by atoms with van der Waals surface area (Å²) in [6, 6.07) is 29.4. The first-order chi connectivity index (χ1) is 18.6. The first-order valence-corrected chi connectivity index (χ1v) is 11.9. The van der Waals surface area contributed by atoms with Gasteiger partial charge in [-0.15, -0.1) is 0 Å². The summed E-state index contributed by atoms with van der Waals surface area (Å²) in [4.78, 5) is 25.2. The van der Waals surface area contributed by atoms with Crippen molar-refractivity contribution in [2.45, 2.75) is 6.61 Å². The Morgan fingerprint density at radius 1 is 0.737 bits per heavy atom. The average molecular weight is 509 g/mol. The van der Waals surface area contributed by atoms with Crippen molar-refractivity contribution < 1.29 is 23.8 Å². The molecule has 192 valence electrons. The van der Waals surface area contributed by atoms with Gasteiger partial charge in [0.25, 0.3) is 5.91 Å². The molecule has 2 N–H and O–H groups in total. The molecule has 0 aromatic heterocycles. The van der Waals surface area contributed by atoms with Crippen molar-refractivity contribution in [3.63, 3.8) is 0 Å². The maximum Gasteiger partial charge on any atom is 0.255 e. The van der Waals surface area contributed by atoms with Gasteiger partial charge in [0.1, 0.15) is 23.9 Å². The Balaban J connectivity index is 1.39. The van der Waals surface area contributed by atoms with E-state index in [0.717, 1.165) is 16.9 Å². The molecule has 0 aliphatic carbocycles. The number of hydrogen-bond acceptors (Lipinski definition) is 5. The molecule has 4 aromatic carbocycles. The number of ether oxygens (including phenoxy) is 3. The van der Waals surface area contributed by atoms with E-state index in [2.05, 4.69) is 10.6 Å². The third kappa shape index (κ3) is 7.01. The fraction of sp³-hybridized carbons (Fsp3) is 0.0968. The zero-order valence-electron chi connectivity index (χ0n) is 21.1. The topological polar surface area (TPSA) is 85.9 Å². The molecular formula is C31H28N2O5. The summed E-state index contributed by atoms with van der Waals surface area (Å²) in [5.41, 5.74) is 3.26. The van der Waals surface area contributed by atoms with Crippen LogP contribution in [0.15, 0.2) is 103 Å². The standard InChI is InChI=1S/C31H28N2O5/c1-36-28-20-27(33-31(35)24-11-7-4-8-12-24)29(37-2)19-26(28)32-30(34)18-15-22-13-16-25(17-14-22)38-21-23-9-5-3-6-10-23/h3-20H,21H2,1-2H3,(H,32,34)(H,33,35)/b18-15+. The van der Waals surface area contributed by atoms with Crippen molar-refractivity contribution in [2.75, 3.05) is 24.9 Å². The summed E-state index contributed by atoms with van der Waals surface area (Å²) in [5.74, 6) is 0.848. The highest BCUT2D eigenvalue weighted by molar-refractivity contribution is 6.06. The lowest BCUT2D eigenvalue weighted by atomic mass is 10.2. The van der Waals surface area contributed by atoms with Crippen LogP contribution in [0, 0.1) is 0 Å². The molecule has 0 aliphatic heterocycles. The number of benzene rings is 4. The summed E-state index contributed by atoms with van der Waals surface area (Å²) >= 11 is 0. The van der Waals surface area contributed by atoms with E-state index in [9.17, 15) is 9.59 Å². The molecule has 0 spiro atoms. The smallest absolute Gasteiger partial charge is 0.255 e. The van der Waals surface area contributed by atoms with Crippen LogP contribution in [0.4, 0.5) is 11.4 Å². The molecule has 0 fully saturated rings. The second-order valence-electron chi connectivity index (χ2n) is 8.24. The number of methoxy groups -OCH3 is 2. The largest absolute Gasteiger partial charge is 0.494 e. The lowest BCUT2D eigenvalue weighted by molar-refractivity contribution is -0.111. The summed E-state index contributed by atoms with van der Waals surface area (Å²) in [7, 11) is 2.97. The highest BCUT2D eigenvalue weighted by Gasteiger charge is 2.15. The van der Waals surface area contributed by atoms with E-state index in [0.29, 0.717) is 35.0 Å². The van der Waals surface area contributed by atoms with E-state index in [-0.39, 0.29) is 11.8 Å². The van der Waals surface area contributed by atoms with Crippen molar-refractivity contribution in [3.8, 4) is 17.2 Å². The second-order valence-corrected chi connectivity index (χ2v) is 8.24. The van der Waals surface area contributed by atoms with Gasteiger partial charge in [-0.05, 0) is 41.5 Å². The monoisotopic (exact) mass is 508 g/mol. The molecule has 0 atom stereocenters. The van der Waals surface area contributed by atoms with Crippen LogP contribution < -0.4 is 24.8 Å². The van der Waals surface area contributed by atoms with Gasteiger partial charge in [0, 0.05) is 23.8 Å². The molecule has 2 amide bonds. The van der Waals surface area contributed by atoms with Gasteiger partial charge in [-0.25, -0.2) is 0 Å². The number of carbonyl (C=O) groups excluding carboxylic acids is 2. The second kappa shape index (κ2) is 12.8. The number of amides is 2. The van der Waals surface area contributed by atoms with Gasteiger partial charge in [0.15, 0.2) is 0 Å². The molecule has 0 saturated carbocycles. The van der Waals surface area contributed by atoms with E-state index in [4.69, 9.17) is 14.2 Å². The molecule has 0 bridgehead atoms. The van der Waals surface area contributed by atoms with Gasteiger partial charge in [-0.3, -0.25) is 9.59 Å². The number of carbonyl (C=O) groups is 2. The Hall–Kier alpha value is -5.04. The molecule has 0 aliphatic rings. The van der Waals surface area contributed by atoms with Crippen LogP contribution in [0.25, 0.3) is 6.08 Å². The highest BCUT2D eigenvalue weighted by Crippen LogP contribution is 2.36. The number of nitrogens with one attached hydrogen (secondary N) is 2. The third-order valence-corrected chi connectivity index (χ3v) is 5.62. The van der Waals surface area contributed by atoms with Crippen molar-refractivity contribution in [2.24, 2.45) is 0 Å². The zero-order valence-corrected chi connectivity index (χ0v) is 21.1. The third-order valence-electron chi connectivity index (χ3n) is 5.62. The van der Waals surface area contributed by atoms with Crippen molar-refractivity contribution >= 4 is 29.3 Å². The van der Waals surface area contributed by atoms with Crippen LogP contribution >= 0.6 is 0 Å². The fourth-order valence-corrected chi connectivity index (χ4v) is 3.64. The SMILES string of the molecule is COc1cc(NC(=O)c2ccccc2)c(OC)cc1NC(=O)/C=C/c1ccc(OCc2ccccc2)cc1. The lowest BCUT2D eigenvalue weighted by Gasteiger charge is -2.16. The molecular weight excluding hydrogens is 480 g/mol. The van der Waals surface area contributed by atoms with Crippen molar-refractivity contribution in [1.82, 2.24) is 0 Å². The van der Waals surface area contributed by atoms with Gasteiger partial charge in [-0.1, -0.05) is 60.7 Å². The van der Waals surface area contributed by atoms with Gasteiger partial charge >= 0.3 is 0 Å². The van der Waals surface area contributed by atoms with Crippen LogP contribution in [0.2, 0.25) is 0 Å². The quantitative estimate of drug-likeness (QED) is 0.250. The molecule has 7 heteroatoms. The van der Waals surface area contributed by atoms with E-state index >= 15 is 0 Å². The van der Waals surface area contributed by atoms with Gasteiger partial charge in [-0.2, -0.15) is 0 Å². The minimum absolute atomic E-state index is 0.290. The maximum atomic E-state index is 12.6. The summed E-state index contributed by atoms with van der Waals surface area (Å²) < 4.78 is 16.7. The molecule has 0 radical (unpaired) electrons. The van der Waals surface area contributed by atoms with Crippen molar-refractivity contribution in [3.05, 3.63) is 120 Å². The summed E-state index contributed by atoms with van der Waals surface area (Å²) in [6.45, 7) is 0.485. The van der Waals surface area contributed by atoms with Gasteiger partial charge in [0.2, 0.25) is 5.91 Å². The van der Waals surface area contributed by atoms with Gasteiger partial charge in [0.05, 0.1) is 25.6 Å². The molecule has 0 saturated heterocycles.